The van der Waals surface area contributed by atoms with Gasteiger partial charge in [0.15, 0.2) is 5.96 Å². The quantitative estimate of drug-likeness (QED) is 0.341. The Balaban J connectivity index is 0.00000200. The molecule has 2 rings (SSSR count). The monoisotopic (exact) mass is 389 g/mol. The summed E-state index contributed by atoms with van der Waals surface area (Å²) in [4.78, 5) is 4.33. The Kier molecular flexibility index (Phi) is 7.72. The van der Waals surface area contributed by atoms with Crippen LogP contribution in [0.2, 0.25) is 0 Å². The first-order valence-corrected chi connectivity index (χ1v) is 6.97. The fraction of sp³-hybridized carbons (Fsp3) is 0.533. The van der Waals surface area contributed by atoms with Crippen molar-refractivity contribution < 1.29 is 4.74 Å². The molecule has 1 aromatic carbocycles. The van der Waals surface area contributed by atoms with Gasteiger partial charge in [-0.15, -0.1) is 24.0 Å². The molecule has 1 aromatic rings. The van der Waals surface area contributed by atoms with E-state index in [1.54, 1.807) is 0 Å². The van der Waals surface area contributed by atoms with E-state index in [-0.39, 0.29) is 24.0 Å². The highest BCUT2D eigenvalue weighted by Crippen LogP contribution is 2.26. The highest BCUT2D eigenvalue weighted by Gasteiger charge is 2.16. The van der Waals surface area contributed by atoms with E-state index in [4.69, 9.17) is 10.5 Å². The van der Waals surface area contributed by atoms with Crippen molar-refractivity contribution in [2.45, 2.75) is 26.2 Å². The molecule has 0 atom stereocenters. The standard InChI is InChI=1S/C15H23N3O.HI/c1-12-4-2-7-14(10-12)19-9-8-17-15(16)18-11-13-5-3-6-13;/h2,4,7,10,13H,3,5-6,8-9,11H2,1H3,(H3,16,17,18);1H. The van der Waals surface area contributed by atoms with Crippen molar-refractivity contribution in [3.63, 3.8) is 0 Å². The smallest absolute Gasteiger partial charge is 0.188 e. The number of nitrogens with two attached hydrogens (primary N) is 1. The molecule has 0 radical (unpaired) electrons. The first kappa shape index (κ1) is 17.1. The number of halogens is 1. The molecule has 1 aliphatic rings. The molecule has 0 saturated heterocycles. The Bertz CT molecular complexity index is 433. The summed E-state index contributed by atoms with van der Waals surface area (Å²) in [7, 11) is 0. The van der Waals surface area contributed by atoms with E-state index >= 15 is 0 Å². The number of nitrogens with zero attached hydrogens (tertiary/aromatic N) is 1. The SMILES string of the molecule is Cc1cccc(OCCNC(N)=NCC2CCC2)c1.I. The van der Waals surface area contributed by atoms with Crippen LogP contribution >= 0.6 is 24.0 Å². The Morgan fingerprint density at radius 1 is 1.45 bits per heavy atom. The maximum atomic E-state index is 5.79. The zero-order chi connectivity index (χ0) is 13.5. The average molecular weight is 389 g/mol. The van der Waals surface area contributed by atoms with Crippen LogP contribution in [0.4, 0.5) is 0 Å². The first-order chi connectivity index (χ1) is 9.24. The number of aryl methyl sites for hydroxylation is 1. The molecule has 0 bridgehead atoms. The second-order valence-corrected chi connectivity index (χ2v) is 5.11. The maximum absolute atomic E-state index is 5.79. The zero-order valence-corrected chi connectivity index (χ0v) is 14.3. The molecule has 1 fully saturated rings. The molecular formula is C15H24IN3O. The lowest BCUT2D eigenvalue weighted by molar-refractivity contribution is 0.320. The summed E-state index contributed by atoms with van der Waals surface area (Å²) in [6, 6.07) is 8.03. The molecular weight excluding hydrogens is 365 g/mol. The van der Waals surface area contributed by atoms with Gasteiger partial charge in [-0.1, -0.05) is 18.6 Å². The van der Waals surface area contributed by atoms with Crippen LogP contribution in [0.3, 0.4) is 0 Å². The van der Waals surface area contributed by atoms with Gasteiger partial charge in [0.05, 0.1) is 6.54 Å². The van der Waals surface area contributed by atoms with E-state index in [0.29, 0.717) is 19.1 Å². The lowest BCUT2D eigenvalue weighted by Gasteiger charge is -2.23. The van der Waals surface area contributed by atoms with Crippen molar-refractivity contribution in [1.29, 1.82) is 0 Å². The second kappa shape index (κ2) is 9.05. The third-order valence-corrected chi connectivity index (χ3v) is 3.41. The van der Waals surface area contributed by atoms with Crippen LogP contribution in [0.1, 0.15) is 24.8 Å². The van der Waals surface area contributed by atoms with Crippen LogP contribution in [0.5, 0.6) is 5.75 Å². The number of guanidine groups is 1. The normalized spacial score (nSPS) is 15.2. The molecule has 0 aliphatic heterocycles. The maximum Gasteiger partial charge on any atom is 0.188 e. The van der Waals surface area contributed by atoms with Gasteiger partial charge in [0, 0.05) is 6.54 Å². The number of ether oxygens (including phenoxy) is 1. The fourth-order valence-corrected chi connectivity index (χ4v) is 2.01. The van der Waals surface area contributed by atoms with E-state index in [9.17, 15) is 0 Å². The lowest BCUT2D eigenvalue weighted by atomic mass is 9.86. The summed E-state index contributed by atoms with van der Waals surface area (Å²) in [6.07, 6.45) is 3.94. The highest BCUT2D eigenvalue weighted by molar-refractivity contribution is 14.0. The lowest BCUT2D eigenvalue weighted by Crippen LogP contribution is -2.35. The second-order valence-electron chi connectivity index (χ2n) is 5.11. The Labute approximate surface area is 138 Å². The van der Waals surface area contributed by atoms with Gasteiger partial charge in [-0.2, -0.15) is 0 Å². The van der Waals surface area contributed by atoms with Gasteiger partial charge >= 0.3 is 0 Å². The number of nitrogens with one attached hydrogen (secondary N) is 1. The van der Waals surface area contributed by atoms with E-state index < -0.39 is 0 Å². The summed E-state index contributed by atoms with van der Waals surface area (Å²) in [5.74, 6) is 2.18. The number of hydrogen-bond donors (Lipinski definition) is 2. The number of hydrogen-bond acceptors (Lipinski definition) is 2. The van der Waals surface area contributed by atoms with Gasteiger partial charge in [0.25, 0.3) is 0 Å². The molecule has 20 heavy (non-hydrogen) atoms. The first-order valence-electron chi connectivity index (χ1n) is 6.97. The van der Waals surface area contributed by atoms with Crippen molar-refractivity contribution >= 4 is 29.9 Å². The molecule has 4 nitrogen and oxygen atoms in total. The Morgan fingerprint density at radius 2 is 2.25 bits per heavy atom. The predicted octanol–water partition coefficient (Wildman–Crippen LogP) is 2.70. The molecule has 0 unspecified atom stereocenters. The van der Waals surface area contributed by atoms with Crippen LogP contribution in [0, 0.1) is 12.8 Å². The molecule has 112 valence electrons. The third kappa shape index (κ3) is 5.98. The Hall–Kier alpha value is -0.980. The zero-order valence-electron chi connectivity index (χ0n) is 12.0. The molecule has 5 heteroatoms. The minimum Gasteiger partial charge on any atom is -0.492 e. The van der Waals surface area contributed by atoms with Crippen molar-refractivity contribution in [2.24, 2.45) is 16.6 Å². The number of aliphatic imine (C=N–C) groups is 1. The van der Waals surface area contributed by atoms with Crippen molar-refractivity contribution in [2.75, 3.05) is 19.7 Å². The molecule has 1 saturated carbocycles. The Morgan fingerprint density at radius 3 is 2.90 bits per heavy atom. The van der Waals surface area contributed by atoms with Crippen LogP contribution in [0.25, 0.3) is 0 Å². The summed E-state index contributed by atoms with van der Waals surface area (Å²) in [6.45, 7) is 4.17. The van der Waals surface area contributed by atoms with Crippen LogP contribution in [0.15, 0.2) is 29.3 Å². The molecule has 0 heterocycles. The average Bonchev–Trinajstić information content (AvgIpc) is 2.33. The van der Waals surface area contributed by atoms with Crippen molar-refractivity contribution in [3.8, 4) is 5.75 Å². The van der Waals surface area contributed by atoms with Gasteiger partial charge in [-0.3, -0.25) is 4.99 Å². The third-order valence-electron chi connectivity index (χ3n) is 3.41. The number of rotatable bonds is 6. The van der Waals surface area contributed by atoms with Crippen LogP contribution < -0.4 is 15.8 Å². The minimum absolute atomic E-state index is 0. The fourth-order valence-electron chi connectivity index (χ4n) is 2.01. The minimum atomic E-state index is 0. The van der Waals surface area contributed by atoms with E-state index in [2.05, 4.69) is 23.3 Å². The molecule has 0 amide bonds. The number of benzene rings is 1. The molecule has 0 aromatic heterocycles. The summed E-state index contributed by atoms with van der Waals surface area (Å²) >= 11 is 0. The summed E-state index contributed by atoms with van der Waals surface area (Å²) in [5.41, 5.74) is 6.99. The van der Waals surface area contributed by atoms with E-state index in [0.717, 1.165) is 18.2 Å². The van der Waals surface area contributed by atoms with Gasteiger partial charge in [-0.25, -0.2) is 0 Å². The van der Waals surface area contributed by atoms with Gasteiger partial charge in [0.2, 0.25) is 0 Å². The molecule has 1 aliphatic carbocycles. The molecule has 3 N–H and O–H groups in total. The summed E-state index contributed by atoms with van der Waals surface area (Å²) < 4.78 is 5.62. The van der Waals surface area contributed by atoms with Crippen molar-refractivity contribution in [3.05, 3.63) is 29.8 Å². The van der Waals surface area contributed by atoms with Crippen molar-refractivity contribution in [1.82, 2.24) is 5.32 Å². The van der Waals surface area contributed by atoms with Crippen LogP contribution in [-0.4, -0.2) is 25.7 Å². The van der Waals surface area contributed by atoms with Gasteiger partial charge in [0.1, 0.15) is 12.4 Å². The highest BCUT2D eigenvalue weighted by atomic mass is 127. The molecule has 0 spiro atoms. The topological polar surface area (TPSA) is 59.6 Å². The van der Waals surface area contributed by atoms with Gasteiger partial charge in [-0.05, 0) is 43.4 Å². The largest absolute Gasteiger partial charge is 0.492 e. The predicted molar refractivity (Wildman–Crippen MR) is 93.9 cm³/mol. The van der Waals surface area contributed by atoms with E-state index in [1.165, 1.54) is 24.8 Å². The van der Waals surface area contributed by atoms with E-state index in [1.807, 2.05) is 18.2 Å². The van der Waals surface area contributed by atoms with Crippen LogP contribution in [-0.2, 0) is 0 Å². The summed E-state index contributed by atoms with van der Waals surface area (Å²) in [5, 5.41) is 3.07. The van der Waals surface area contributed by atoms with Gasteiger partial charge < -0.3 is 15.8 Å².